The van der Waals surface area contributed by atoms with Gasteiger partial charge in [-0.3, -0.25) is 4.79 Å². The Balaban J connectivity index is 1.56. The number of methoxy groups -OCH3 is 1. The molecule has 2 aliphatic heterocycles. The van der Waals surface area contributed by atoms with E-state index in [2.05, 4.69) is 11.4 Å². The van der Waals surface area contributed by atoms with Gasteiger partial charge in [0.05, 0.1) is 26.4 Å². The Bertz CT molecular complexity index is 1090. The minimum absolute atomic E-state index is 0.0280. The van der Waals surface area contributed by atoms with Crippen molar-refractivity contribution in [2.75, 3.05) is 40.0 Å². The number of benzene rings is 1. The van der Waals surface area contributed by atoms with Gasteiger partial charge in [-0.05, 0) is 54.1 Å². The number of thiophene rings is 1. The third-order valence-electron chi connectivity index (χ3n) is 5.75. The van der Waals surface area contributed by atoms with E-state index in [0.717, 1.165) is 6.42 Å². The van der Waals surface area contributed by atoms with Crippen LogP contribution in [0.2, 0.25) is 0 Å². The lowest BCUT2D eigenvalue weighted by atomic mass is 10.0. The molecule has 2 aromatic rings. The molecular formula is C22H26N2O5S2. The second-order valence-corrected chi connectivity index (χ2v) is 10.4. The van der Waals surface area contributed by atoms with Gasteiger partial charge in [0, 0.05) is 30.6 Å². The van der Waals surface area contributed by atoms with Crippen LogP contribution < -0.4 is 4.74 Å². The number of hydrogen-bond donors (Lipinski definition) is 0. The Kier molecular flexibility index (Phi) is 6.47. The molecule has 1 amide bonds. The summed E-state index contributed by atoms with van der Waals surface area (Å²) in [5.41, 5.74) is 1.84. The van der Waals surface area contributed by atoms with Crippen molar-refractivity contribution < 1.29 is 22.7 Å². The van der Waals surface area contributed by atoms with E-state index >= 15 is 0 Å². The highest BCUT2D eigenvalue weighted by Crippen LogP contribution is 2.33. The minimum atomic E-state index is -3.72. The number of rotatable bonds is 5. The molecule has 1 unspecified atom stereocenters. The van der Waals surface area contributed by atoms with Gasteiger partial charge in [-0.15, -0.1) is 11.3 Å². The van der Waals surface area contributed by atoms with Crippen molar-refractivity contribution in [3.05, 3.63) is 51.7 Å². The van der Waals surface area contributed by atoms with Crippen molar-refractivity contribution in [3.63, 3.8) is 0 Å². The molecule has 0 spiro atoms. The Morgan fingerprint density at radius 3 is 2.74 bits per heavy atom. The summed E-state index contributed by atoms with van der Waals surface area (Å²) >= 11 is 1.74. The van der Waals surface area contributed by atoms with Crippen LogP contribution in [0.1, 0.15) is 29.0 Å². The summed E-state index contributed by atoms with van der Waals surface area (Å²) < 4.78 is 38.2. The number of ether oxygens (including phenoxy) is 2. The van der Waals surface area contributed by atoms with Crippen LogP contribution in [0.25, 0.3) is 6.08 Å². The molecular weight excluding hydrogens is 436 g/mol. The van der Waals surface area contributed by atoms with E-state index < -0.39 is 10.0 Å². The zero-order valence-corrected chi connectivity index (χ0v) is 19.2. The molecule has 166 valence electrons. The van der Waals surface area contributed by atoms with Crippen LogP contribution in [0, 0.1) is 0 Å². The zero-order chi connectivity index (χ0) is 22.0. The van der Waals surface area contributed by atoms with Gasteiger partial charge in [-0.1, -0.05) is 6.07 Å². The summed E-state index contributed by atoms with van der Waals surface area (Å²) in [6.07, 6.45) is 4.04. The molecule has 0 aliphatic carbocycles. The van der Waals surface area contributed by atoms with Gasteiger partial charge >= 0.3 is 0 Å². The molecule has 9 heteroatoms. The molecule has 2 aliphatic rings. The maximum Gasteiger partial charge on any atom is 0.247 e. The van der Waals surface area contributed by atoms with Crippen molar-refractivity contribution in [1.82, 2.24) is 9.21 Å². The van der Waals surface area contributed by atoms with E-state index in [1.807, 2.05) is 11.8 Å². The van der Waals surface area contributed by atoms with E-state index in [1.165, 1.54) is 27.9 Å². The fourth-order valence-corrected chi connectivity index (χ4v) is 6.56. The Labute approximate surface area is 186 Å². The molecule has 31 heavy (non-hydrogen) atoms. The predicted octanol–water partition coefficient (Wildman–Crippen LogP) is 2.94. The normalized spacial score (nSPS) is 20.1. The molecule has 4 rings (SSSR count). The number of carbonyl (C=O) groups excluding carboxylic acids is 1. The van der Waals surface area contributed by atoms with Crippen molar-refractivity contribution in [3.8, 4) is 5.75 Å². The van der Waals surface area contributed by atoms with Gasteiger partial charge in [0.2, 0.25) is 15.9 Å². The molecule has 1 fully saturated rings. The van der Waals surface area contributed by atoms with Gasteiger partial charge in [0.1, 0.15) is 10.6 Å². The van der Waals surface area contributed by atoms with Crippen LogP contribution in [0.4, 0.5) is 0 Å². The maximum absolute atomic E-state index is 13.1. The summed E-state index contributed by atoms with van der Waals surface area (Å²) in [6, 6.07) is 7.04. The van der Waals surface area contributed by atoms with E-state index in [1.54, 1.807) is 35.6 Å². The number of sulfonamides is 1. The van der Waals surface area contributed by atoms with E-state index in [4.69, 9.17) is 9.47 Å². The predicted molar refractivity (Wildman–Crippen MR) is 120 cm³/mol. The second kappa shape index (κ2) is 9.12. The van der Waals surface area contributed by atoms with Gasteiger partial charge < -0.3 is 14.4 Å². The largest absolute Gasteiger partial charge is 0.495 e. The van der Waals surface area contributed by atoms with Crippen molar-refractivity contribution in [2.24, 2.45) is 0 Å². The monoisotopic (exact) mass is 462 g/mol. The Morgan fingerprint density at radius 1 is 1.23 bits per heavy atom. The first-order valence-corrected chi connectivity index (χ1v) is 12.5. The molecule has 0 saturated carbocycles. The van der Waals surface area contributed by atoms with Crippen LogP contribution in [0.15, 0.2) is 40.6 Å². The number of hydrogen-bond acceptors (Lipinski definition) is 6. The van der Waals surface area contributed by atoms with Crippen LogP contribution in [0.5, 0.6) is 5.75 Å². The minimum Gasteiger partial charge on any atom is -0.495 e. The lowest BCUT2D eigenvalue weighted by molar-refractivity contribution is -0.128. The summed E-state index contributed by atoms with van der Waals surface area (Å²) in [7, 11) is -2.27. The van der Waals surface area contributed by atoms with Crippen LogP contribution in [-0.4, -0.2) is 63.5 Å². The fourth-order valence-electron chi connectivity index (χ4n) is 4.00. The average Bonchev–Trinajstić information content (AvgIpc) is 3.28. The first-order chi connectivity index (χ1) is 14.9. The zero-order valence-electron chi connectivity index (χ0n) is 17.6. The Morgan fingerprint density at radius 2 is 2.00 bits per heavy atom. The second-order valence-electron chi connectivity index (χ2n) is 7.52. The lowest BCUT2D eigenvalue weighted by Crippen LogP contribution is -2.40. The van der Waals surface area contributed by atoms with Crippen LogP contribution >= 0.6 is 11.3 Å². The molecule has 1 saturated heterocycles. The third-order valence-corrected chi connectivity index (χ3v) is 8.67. The topological polar surface area (TPSA) is 76.2 Å². The van der Waals surface area contributed by atoms with Crippen LogP contribution in [-0.2, 0) is 26.0 Å². The Hall–Kier alpha value is -2.20. The van der Waals surface area contributed by atoms with E-state index in [9.17, 15) is 13.2 Å². The summed E-state index contributed by atoms with van der Waals surface area (Å²) in [6.45, 7) is 4.07. The smallest absolute Gasteiger partial charge is 0.247 e. The number of morpholine rings is 1. The molecule has 0 N–H and O–H groups in total. The summed E-state index contributed by atoms with van der Waals surface area (Å²) in [4.78, 5) is 16.1. The van der Waals surface area contributed by atoms with E-state index in [-0.39, 0.29) is 22.6 Å². The first-order valence-electron chi connectivity index (χ1n) is 10.2. The molecule has 7 nitrogen and oxygen atoms in total. The number of carbonyl (C=O) groups is 1. The molecule has 1 aromatic heterocycles. The highest BCUT2D eigenvalue weighted by Gasteiger charge is 2.30. The maximum atomic E-state index is 13.1. The fraction of sp³-hybridized carbons (Fsp3) is 0.409. The number of fused-ring (bicyclic) bond motifs is 1. The van der Waals surface area contributed by atoms with Gasteiger partial charge in [0.15, 0.2) is 0 Å². The standard InChI is InChI=1S/C22H26N2O5S2/c1-16-18-8-14-30-20(18)7-9-24(16)22(25)6-4-17-3-5-19(28-2)21(15-17)31(26,27)23-10-12-29-13-11-23/h3-6,8,14-16H,7,9-13H2,1-2H3. The summed E-state index contributed by atoms with van der Waals surface area (Å²) in [5.74, 6) is 0.197. The number of amides is 1. The van der Waals surface area contributed by atoms with Gasteiger partial charge in [-0.25, -0.2) is 8.42 Å². The molecule has 3 heterocycles. The van der Waals surface area contributed by atoms with Crippen molar-refractivity contribution in [1.29, 1.82) is 0 Å². The lowest BCUT2D eigenvalue weighted by Gasteiger charge is -2.32. The number of nitrogens with zero attached hydrogens (tertiary/aromatic N) is 2. The average molecular weight is 463 g/mol. The van der Waals surface area contributed by atoms with Crippen LogP contribution in [0.3, 0.4) is 0 Å². The quantitative estimate of drug-likeness (QED) is 0.639. The van der Waals surface area contributed by atoms with Gasteiger partial charge in [0.25, 0.3) is 0 Å². The summed E-state index contributed by atoms with van der Waals surface area (Å²) in [5, 5.41) is 2.07. The molecule has 0 bridgehead atoms. The van der Waals surface area contributed by atoms with Crippen molar-refractivity contribution >= 4 is 33.3 Å². The van der Waals surface area contributed by atoms with Crippen molar-refractivity contribution in [2.45, 2.75) is 24.3 Å². The SMILES string of the molecule is COc1ccc(C=CC(=O)N2CCc3sccc3C2C)cc1S(=O)(=O)N1CCOCC1. The highest BCUT2D eigenvalue weighted by molar-refractivity contribution is 7.89. The van der Waals surface area contributed by atoms with Gasteiger partial charge in [-0.2, -0.15) is 4.31 Å². The molecule has 1 aromatic carbocycles. The molecule has 0 radical (unpaired) electrons. The third kappa shape index (κ3) is 4.41. The molecule has 1 atom stereocenters. The van der Waals surface area contributed by atoms with E-state index in [0.29, 0.717) is 38.4 Å². The first kappa shape index (κ1) is 22.0. The highest BCUT2D eigenvalue weighted by atomic mass is 32.2.